The van der Waals surface area contributed by atoms with Gasteiger partial charge in [-0.15, -0.1) is 0 Å². The molecule has 1 atom stereocenters. The van der Waals surface area contributed by atoms with Gasteiger partial charge in [-0.05, 0) is 6.07 Å². The van der Waals surface area contributed by atoms with Gasteiger partial charge in [0.15, 0.2) is 5.65 Å². The molecule has 0 unspecified atom stereocenters. The smallest absolute Gasteiger partial charge is 0.163 e. The van der Waals surface area contributed by atoms with Crippen molar-refractivity contribution >= 4 is 16.9 Å². The highest BCUT2D eigenvalue weighted by atomic mass is 16.5. The lowest BCUT2D eigenvalue weighted by molar-refractivity contribution is 0.274. The number of aromatic nitrogens is 4. The summed E-state index contributed by atoms with van der Waals surface area (Å²) in [6.45, 7) is 0.704. The average molecular weight is 281 g/mol. The first kappa shape index (κ1) is 12.1. The van der Waals surface area contributed by atoms with Crippen LogP contribution in [0.2, 0.25) is 0 Å². The van der Waals surface area contributed by atoms with Crippen molar-refractivity contribution in [2.24, 2.45) is 7.05 Å². The third kappa shape index (κ3) is 1.99. The molecule has 0 bridgehead atoms. The highest BCUT2D eigenvalue weighted by Crippen LogP contribution is 2.34. The fraction of sp³-hybridized carbons (Fsp3) is 0.267. The van der Waals surface area contributed by atoms with Crippen LogP contribution in [0.25, 0.3) is 11.0 Å². The van der Waals surface area contributed by atoms with E-state index in [1.807, 2.05) is 25.2 Å². The standard InChI is InChI=1S/C15H15N5O/c1-20-15-11(8-18-20)14(16-9-17-15)19-12-6-7-21-13-5-3-2-4-10(12)13/h2-5,8-9,12H,6-7H2,1H3,(H,16,17,19)/t12-/m1/s1. The molecular formula is C15H15N5O. The van der Waals surface area contributed by atoms with Crippen molar-refractivity contribution in [2.45, 2.75) is 12.5 Å². The summed E-state index contributed by atoms with van der Waals surface area (Å²) in [6.07, 6.45) is 4.27. The van der Waals surface area contributed by atoms with Crippen LogP contribution in [0, 0.1) is 0 Å². The predicted octanol–water partition coefficient (Wildman–Crippen LogP) is 2.30. The predicted molar refractivity (Wildman–Crippen MR) is 79.2 cm³/mol. The first-order valence-electron chi connectivity index (χ1n) is 6.94. The summed E-state index contributed by atoms with van der Waals surface area (Å²) in [5.41, 5.74) is 1.99. The van der Waals surface area contributed by atoms with Crippen molar-refractivity contribution < 1.29 is 4.74 Å². The van der Waals surface area contributed by atoms with Crippen molar-refractivity contribution in [3.05, 3.63) is 42.4 Å². The Hall–Kier alpha value is -2.63. The average Bonchev–Trinajstić information content (AvgIpc) is 2.90. The normalized spacial score (nSPS) is 17.3. The maximum absolute atomic E-state index is 5.69. The van der Waals surface area contributed by atoms with Crippen LogP contribution in [0.3, 0.4) is 0 Å². The van der Waals surface area contributed by atoms with Crippen molar-refractivity contribution in [2.75, 3.05) is 11.9 Å². The lowest BCUT2D eigenvalue weighted by atomic mass is 10.0. The number of ether oxygens (including phenoxy) is 1. The van der Waals surface area contributed by atoms with Gasteiger partial charge in [0, 0.05) is 19.0 Å². The van der Waals surface area contributed by atoms with E-state index in [9.17, 15) is 0 Å². The molecule has 2 aromatic heterocycles. The van der Waals surface area contributed by atoms with Gasteiger partial charge in [0.05, 0.1) is 24.2 Å². The fourth-order valence-corrected chi connectivity index (χ4v) is 2.73. The van der Waals surface area contributed by atoms with E-state index in [0.717, 1.165) is 29.0 Å². The maximum Gasteiger partial charge on any atom is 0.163 e. The van der Waals surface area contributed by atoms with E-state index in [2.05, 4.69) is 26.4 Å². The van der Waals surface area contributed by atoms with Gasteiger partial charge < -0.3 is 10.1 Å². The Morgan fingerprint density at radius 2 is 2.19 bits per heavy atom. The van der Waals surface area contributed by atoms with Crippen LogP contribution in [-0.2, 0) is 7.05 Å². The zero-order valence-electron chi connectivity index (χ0n) is 11.7. The number of benzene rings is 1. The van der Waals surface area contributed by atoms with E-state index in [4.69, 9.17) is 4.74 Å². The number of fused-ring (bicyclic) bond motifs is 2. The van der Waals surface area contributed by atoms with E-state index < -0.39 is 0 Å². The number of nitrogens with zero attached hydrogens (tertiary/aromatic N) is 4. The molecule has 4 rings (SSSR count). The summed E-state index contributed by atoms with van der Waals surface area (Å²) in [6, 6.07) is 8.30. The number of anilines is 1. The molecule has 0 spiro atoms. The van der Waals surface area contributed by atoms with Crippen LogP contribution in [0.5, 0.6) is 5.75 Å². The first-order chi connectivity index (χ1) is 10.3. The second-order valence-corrected chi connectivity index (χ2v) is 5.10. The minimum absolute atomic E-state index is 0.188. The molecule has 1 N–H and O–H groups in total. The zero-order chi connectivity index (χ0) is 14.2. The number of hydrogen-bond acceptors (Lipinski definition) is 5. The third-order valence-corrected chi connectivity index (χ3v) is 3.80. The van der Waals surface area contributed by atoms with Crippen molar-refractivity contribution in [3.63, 3.8) is 0 Å². The van der Waals surface area contributed by atoms with Crippen LogP contribution in [0.4, 0.5) is 5.82 Å². The minimum Gasteiger partial charge on any atom is -0.493 e. The Morgan fingerprint density at radius 1 is 1.29 bits per heavy atom. The Balaban J connectivity index is 1.73. The molecule has 0 fully saturated rings. The maximum atomic E-state index is 5.69. The summed E-state index contributed by atoms with van der Waals surface area (Å²) in [4.78, 5) is 8.63. The van der Waals surface area contributed by atoms with Gasteiger partial charge >= 0.3 is 0 Å². The van der Waals surface area contributed by atoms with Gasteiger partial charge in [-0.1, -0.05) is 18.2 Å². The van der Waals surface area contributed by atoms with Crippen LogP contribution in [0.15, 0.2) is 36.8 Å². The number of aryl methyl sites for hydroxylation is 1. The Labute approximate surface area is 121 Å². The molecular weight excluding hydrogens is 266 g/mol. The topological polar surface area (TPSA) is 64.9 Å². The molecule has 0 amide bonds. The molecule has 0 saturated heterocycles. The summed E-state index contributed by atoms with van der Waals surface area (Å²) in [5.74, 6) is 1.76. The SMILES string of the molecule is Cn1ncc2c(N[C@@H]3CCOc4ccccc43)ncnc21. The molecule has 3 heterocycles. The highest BCUT2D eigenvalue weighted by Gasteiger charge is 2.22. The Morgan fingerprint density at radius 3 is 3.14 bits per heavy atom. The van der Waals surface area contributed by atoms with Crippen LogP contribution in [0.1, 0.15) is 18.0 Å². The van der Waals surface area contributed by atoms with Crippen molar-refractivity contribution in [1.82, 2.24) is 19.7 Å². The quantitative estimate of drug-likeness (QED) is 0.780. The van der Waals surface area contributed by atoms with Gasteiger partial charge in [0.1, 0.15) is 17.9 Å². The number of para-hydroxylation sites is 1. The monoisotopic (exact) mass is 281 g/mol. The minimum atomic E-state index is 0.188. The summed E-state index contributed by atoms with van der Waals surface area (Å²) in [5, 5.41) is 8.69. The Kier molecular flexibility index (Phi) is 2.73. The summed E-state index contributed by atoms with van der Waals surface area (Å²) in [7, 11) is 1.88. The van der Waals surface area contributed by atoms with Gasteiger partial charge in [0.2, 0.25) is 0 Å². The van der Waals surface area contributed by atoms with Crippen molar-refractivity contribution in [1.29, 1.82) is 0 Å². The fourth-order valence-electron chi connectivity index (χ4n) is 2.73. The van der Waals surface area contributed by atoms with E-state index >= 15 is 0 Å². The molecule has 1 aliphatic heterocycles. The lowest BCUT2D eigenvalue weighted by Crippen LogP contribution is -2.20. The van der Waals surface area contributed by atoms with E-state index in [1.54, 1.807) is 17.2 Å². The largest absolute Gasteiger partial charge is 0.493 e. The molecule has 1 aliphatic rings. The van der Waals surface area contributed by atoms with Gasteiger partial charge in [0.25, 0.3) is 0 Å². The molecule has 106 valence electrons. The van der Waals surface area contributed by atoms with Gasteiger partial charge in [-0.25, -0.2) is 9.97 Å². The van der Waals surface area contributed by atoms with E-state index in [1.165, 1.54) is 5.56 Å². The molecule has 0 aliphatic carbocycles. The molecule has 3 aromatic rings. The van der Waals surface area contributed by atoms with E-state index in [-0.39, 0.29) is 6.04 Å². The zero-order valence-corrected chi connectivity index (χ0v) is 11.7. The molecule has 0 radical (unpaired) electrons. The van der Waals surface area contributed by atoms with Gasteiger partial charge in [-0.2, -0.15) is 5.10 Å². The van der Waals surface area contributed by atoms with Gasteiger partial charge in [-0.3, -0.25) is 4.68 Å². The molecule has 6 heteroatoms. The molecule has 21 heavy (non-hydrogen) atoms. The van der Waals surface area contributed by atoms with E-state index in [0.29, 0.717) is 6.61 Å². The van der Waals surface area contributed by atoms with Crippen LogP contribution < -0.4 is 10.1 Å². The van der Waals surface area contributed by atoms with Crippen LogP contribution >= 0.6 is 0 Å². The molecule has 0 saturated carbocycles. The summed E-state index contributed by atoms with van der Waals surface area (Å²) < 4.78 is 7.44. The molecule has 1 aromatic carbocycles. The number of hydrogen-bond donors (Lipinski definition) is 1. The van der Waals surface area contributed by atoms with Crippen molar-refractivity contribution in [3.8, 4) is 5.75 Å². The third-order valence-electron chi connectivity index (χ3n) is 3.80. The first-order valence-corrected chi connectivity index (χ1v) is 6.94. The second kappa shape index (κ2) is 4.73. The van der Waals surface area contributed by atoms with Crippen LogP contribution in [-0.4, -0.2) is 26.4 Å². The Bertz CT molecular complexity index is 798. The molecule has 6 nitrogen and oxygen atoms in total. The lowest BCUT2D eigenvalue weighted by Gasteiger charge is -2.27. The highest BCUT2D eigenvalue weighted by molar-refractivity contribution is 5.86. The second-order valence-electron chi connectivity index (χ2n) is 5.10. The number of rotatable bonds is 2. The summed E-state index contributed by atoms with van der Waals surface area (Å²) >= 11 is 0. The number of nitrogens with one attached hydrogen (secondary N) is 1.